The third-order valence-corrected chi connectivity index (χ3v) is 7.46. The molecule has 0 fully saturated rings. The van der Waals surface area contributed by atoms with Crippen LogP contribution in [0.25, 0.3) is 71.2 Å². The van der Waals surface area contributed by atoms with Gasteiger partial charge in [0.05, 0.1) is 22.1 Å². The number of aromatic nitrogens is 3. The first-order valence-electron chi connectivity index (χ1n) is 12.5. The van der Waals surface area contributed by atoms with Gasteiger partial charge in [-0.25, -0.2) is 0 Å². The Morgan fingerprint density at radius 2 is 0.973 bits per heavy atom. The van der Waals surface area contributed by atoms with Crippen LogP contribution in [0.3, 0.4) is 0 Å². The van der Waals surface area contributed by atoms with Crippen LogP contribution in [0.1, 0.15) is 0 Å². The molecule has 0 aliphatic carbocycles. The maximum atomic E-state index is 4.70. The maximum absolute atomic E-state index is 4.70. The van der Waals surface area contributed by atoms with Gasteiger partial charge in [-0.3, -0.25) is 9.97 Å². The van der Waals surface area contributed by atoms with E-state index in [0.717, 1.165) is 27.5 Å². The highest BCUT2D eigenvalue weighted by Gasteiger charge is 2.14. The van der Waals surface area contributed by atoms with Crippen LogP contribution in [0.4, 0.5) is 0 Å². The molecular formula is C34H21N3. The molecule has 0 saturated carbocycles. The summed E-state index contributed by atoms with van der Waals surface area (Å²) in [6, 6.07) is 41.3. The van der Waals surface area contributed by atoms with Gasteiger partial charge in [0.2, 0.25) is 0 Å². The van der Waals surface area contributed by atoms with Crippen molar-refractivity contribution in [3.8, 4) is 16.8 Å². The molecule has 2 aromatic heterocycles. The Morgan fingerprint density at radius 1 is 0.405 bits per heavy atom. The fraction of sp³-hybridized carbons (Fsp3) is 0. The van der Waals surface area contributed by atoms with Crippen LogP contribution < -0.4 is 0 Å². The molecule has 8 rings (SSSR count). The average Bonchev–Trinajstić information content (AvgIpc) is 3.32. The number of fused-ring (bicyclic) bond motifs is 9. The summed E-state index contributed by atoms with van der Waals surface area (Å²) >= 11 is 0. The van der Waals surface area contributed by atoms with Gasteiger partial charge in [-0.2, -0.15) is 0 Å². The van der Waals surface area contributed by atoms with Crippen molar-refractivity contribution in [1.29, 1.82) is 0 Å². The van der Waals surface area contributed by atoms with Crippen molar-refractivity contribution in [2.24, 2.45) is 0 Å². The Hall–Kier alpha value is -5.02. The van der Waals surface area contributed by atoms with E-state index in [4.69, 9.17) is 4.98 Å². The Labute approximate surface area is 213 Å². The quantitative estimate of drug-likeness (QED) is 0.236. The van der Waals surface area contributed by atoms with Gasteiger partial charge in [0, 0.05) is 39.6 Å². The summed E-state index contributed by atoms with van der Waals surface area (Å²) in [4.78, 5) is 9.37. The molecule has 0 unspecified atom stereocenters. The van der Waals surface area contributed by atoms with Gasteiger partial charge >= 0.3 is 0 Å². The number of hydrogen-bond acceptors (Lipinski definition) is 2. The predicted octanol–water partition coefficient (Wildman–Crippen LogP) is 8.70. The van der Waals surface area contributed by atoms with Crippen molar-refractivity contribution < 1.29 is 0 Å². The van der Waals surface area contributed by atoms with Crippen molar-refractivity contribution in [2.45, 2.75) is 0 Å². The van der Waals surface area contributed by atoms with Gasteiger partial charge in [-0.05, 0) is 52.2 Å². The van der Waals surface area contributed by atoms with E-state index in [-0.39, 0.29) is 0 Å². The highest BCUT2D eigenvalue weighted by Crippen LogP contribution is 2.37. The second-order valence-corrected chi connectivity index (χ2v) is 9.48. The van der Waals surface area contributed by atoms with E-state index in [1.165, 1.54) is 43.7 Å². The summed E-state index contributed by atoms with van der Waals surface area (Å²) < 4.78 is 2.37. The zero-order chi connectivity index (χ0) is 24.3. The van der Waals surface area contributed by atoms with E-state index in [1.807, 2.05) is 0 Å². The van der Waals surface area contributed by atoms with Crippen LogP contribution >= 0.6 is 0 Å². The number of para-hydroxylation sites is 2. The van der Waals surface area contributed by atoms with E-state index in [2.05, 4.69) is 125 Å². The minimum Gasteiger partial charge on any atom is -0.309 e. The molecule has 3 heteroatoms. The predicted molar refractivity (Wildman–Crippen MR) is 154 cm³/mol. The molecule has 0 bridgehead atoms. The summed E-state index contributed by atoms with van der Waals surface area (Å²) in [7, 11) is 0. The normalized spacial score (nSPS) is 11.8. The molecule has 0 radical (unpaired) electrons. The molecular weight excluding hydrogens is 450 g/mol. The van der Waals surface area contributed by atoms with E-state index in [0.29, 0.717) is 0 Å². The van der Waals surface area contributed by atoms with Crippen molar-refractivity contribution in [1.82, 2.24) is 14.5 Å². The van der Waals surface area contributed by atoms with Gasteiger partial charge in [-0.15, -0.1) is 0 Å². The van der Waals surface area contributed by atoms with Crippen molar-refractivity contribution in [2.75, 3.05) is 0 Å². The van der Waals surface area contributed by atoms with E-state index in [1.54, 1.807) is 12.4 Å². The van der Waals surface area contributed by atoms with Crippen LogP contribution in [-0.4, -0.2) is 14.5 Å². The second-order valence-electron chi connectivity index (χ2n) is 9.48. The monoisotopic (exact) mass is 471 g/mol. The lowest BCUT2D eigenvalue weighted by Crippen LogP contribution is -1.94. The lowest BCUT2D eigenvalue weighted by molar-refractivity contribution is 1.18. The van der Waals surface area contributed by atoms with Crippen LogP contribution in [0.5, 0.6) is 0 Å². The molecule has 172 valence electrons. The van der Waals surface area contributed by atoms with Crippen molar-refractivity contribution in [3.05, 3.63) is 128 Å². The zero-order valence-corrected chi connectivity index (χ0v) is 20.0. The summed E-state index contributed by atoms with van der Waals surface area (Å²) in [5, 5.41) is 7.20. The molecule has 37 heavy (non-hydrogen) atoms. The molecule has 0 amide bonds. The maximum Gasteiger partial charge on any atom is 0.0971 e. The first-order chi connectivity index (χ1) is 18.4. The van der Waals surface area contributed by atoms with Gasteiger partial charge in [0.15, 0.2) is 0 Å². The topological polar surface area (TPSA) is 30.7 Å². The van der Waals surface area contributed by atoms with E-state index >= 15 is 0 Å². The smallest absolute Gasteiger partial charge is 0.0971 e. The van der Waals surface area contributed by atoms with E-state index in [9.17, 15) is 0 Å². The molecule has 3 nitrogen and oxygen atoms in total. The molecule has 0 atom stereocenters. The SMILES string of the molecule is c1cc(-c2ccc3c(c2)c2ccccc2c2nccnc32)cc(-n2c3ccccc3c3ccccc32)c1. The Kier molecular flexibility index (Phi) is 4.23. The van der Waals surface area contributed by atoms with Gasteiger partial charge in [-0.1, -0.05) is 84.9 Å². The average molecular weight is 472 g/mol. The minimum absolute atomic E-state index is 0.946. The summed E-state index contributed by atoms with van der Waals surface area (Å²) in [6.07, 6.45) is 3.55. The van der Waals surface area contributed by atoms with Gasteiger partial charge < -0.3 is 4.57 Å². The third-order valence-electron chi connectivity index (χ3n) is 7.46. The summed E-state index contributed by atoms with van der Waals surface area (Å²) in [6.45, 7) is 0. The van der Waals surface area contributed by atoms with Gasteiger partial charge in [0.25, 0.3) is 0 Å². The van der Waals surface area contributed by atoms with Crippen molar-refractivity contribution in [3.63, 3.8) is 0 Å². The molecule has 0 aliphatic rings. The van der Waals surface area contributed by atoms with Crippen LogP contribution in [-0.2, 0) is 0 Å². The Bertz CT molecular complexity index is 2060. The van der Waals surface area contributed by atoms with Gasteiger partial charge in [0.1, 0.15) is 0 Å². The lowest BCUT2D eigenvalue weighted by atomic mass is 9.95. The first-order valence-corrected chi connectivity index (χ1v) is 12.5. The number of rotatable bonds is 2. The van der Waals surface area contributed by atoms with Crippen LogP contribution in [0.15, 0.2) is 128 Å². The molecule has 8 aromatic rings. The molecule has 2 heterocycles. The Morgan fingerprint density at radius 3 is 1.68 bits per heavy atom. The highest BCUT2D eigenvalue weighted by atomic mass is 15.0. The third kappa shape index (κ3) is 2.95. The second kappa shape index (κ2) is 7.74. The molecule has 6 aromatic carbocycles. The van der Waals surface area contributed by atoms with Crippen LogP contribution in [0.2, 0.25) is 0 Å². The standard InChI is InChI=1S/C34H21N3/c1-2-13-28-25(10-1)30-21-23(16-17-29(30)34-33(28)35-18-19-36-34)22-8-7-9-24(20-22)37-31-14-5-3-11-26(31)27-12-4-6-15-32(27)37/h1-21H. The minimum atomic E-state index is 0.946. The molecule has 0 spiro atoms. The largest absolute Gasteiger partial charge is 0.309 e. The number of benzene rings is 6. The first kappa shape index (κ1) is 20.2. The summed E-state index contributed by atoms with van der Waals surface area (Å²) in [5.74, 6) is 0. The Balaban J connectivity index is 1.38. The fourth-order valence-electron chi connectivity index (χ4n) is 5.84. The summed E-state index contributed by atoms with van der Waals surface area (Å²) in [5.41, 5.74) is 7.86. The zero-order valence-electron chi connectivity index (χ0n) is 20.0. The number of hydrogen-bond donors (Lipinski definition) is 0. The fourth-order valence-corrected chi connectivity index (χ4v) is 5.84. The molecule has 0 saturated heterocycles. The van der Waals surface area contributed by atoms with Crippen LogP contribution in [0, 0.1) is 0 Å². The van der Waals surface area contributed by atoms with E-state index < -0.39 is 0 Å². The van der Waals surface area contributed by atoms with Crippen molar-refractivity contribution >= 4 is 54.4 Å². The number of nitrogens with zero attached hydrogens (tertiary/aromatic N) is 3. The lowest BCUT2D eigenvalue weighted by Gasteiger charge is -2.12. The molecule has 0 aliphatic heterocycles. The molecule has 0 N–H and O–H groups in total. The highest BCUT2D eigenvalue weighted by molar-refractivity contribution is 6.23.